The van der Waals surface area contributed by atoms with Crippen LogP contribution in [0.1, 0.15) is 13.8 Å². The van der Waals surface area contributed by atoms with E-state index < -0.39 is 12.1 Å². The number of piperazine rings is 1. The number of carbonyl (C=O) groups excluding carboxylic acids is 2. The summed E-state index contributed by atoms with van der Waals surface area (Å²) in [5, 5.41) is 11.7. The summed E-state index contributed by atoms with van der Waals surface area (Å²) in [5.74, 6) is -0.553. The molecule has 13 heavy (non-hydrogen) atoms. The molecule has 1 fully saturated rings. The van der Waals surface area contributed by atoms with Crippen LogP contribution in [0.3, 0.4) is 0 Å². The number of nitrogens with one attached hydrogen (secondary N) is 1. The van der Waals surface area contributed by atoms with E-state index in [9.17, 15) is 9.59 Å². The maximum atomic E-state index is 11.3. The van der Waals surface area contributed by atoms with E-state index in [-0.39, 0.29) is 11.8 Å². The molecule has 5 heteroatoms. The largest absolute Gasteiger partial charge is 0.384 e. The number of hydrogen-bond donors (Lipinski definition) is 2. The minimum absolute atomic E-state index is 0.166. The van der Waals surface area contributed by atoms with Crippen molar-refractivity contribution < 1.29 is 14.7 Å². The molecule has 1 heterocycles. The van der Waals surface area contributed by atoms with Crippen LogP contribution < -0.4 is 5.32 Å². The summed E-state index contributed by atoms with van der Waals surface area (Å²) in [6.45, 7) is 3.98. The van der Waals surface area contributed by atoms with E-state index in [1.165, 1.54) is 11.8 Å². The van der Waals surface area contributed by atoms with Crippen LogP contribution >= 0.6 is 0 Å². The second-order valence-electron chi connectivity index (χ2n) is 3.17. The van der Waals surface area contributed by atoms with Gasteiger partial charge >= 0.3 is 0 Å². The Kier molecular flexibility index (Phi) is 2.87. The van der Waals surface area contributed by atoms with E-state index in [1.54, 1.807) is 6.92 Å². The number of hydrogen-bond acceptors (Lipinski definition) is 3. The fourth-order valence-corrected chi connectivity index (χ4v) is 1.32. The first kappa shape index (κ1) is 9.98. The first-order valence-electron chi connectivity index (χ1n) is 4.30. The Morgan fingerprint density at radius 3 is 2.92 bits per heavy atom. The Labute approximate surface area is 76.7 Å². The average Bonchev–Trinajstić information content (AvgIpc) is 2.08. The highest BCUT2D eigenvalue weighted by Gasteiger charge is 2.30. The molecule has 1 aliphatic heterocycles. The Morgan fingerprint density at radius 1 is 1.77 bits per heavy atom. The Bertz CT molecular complexity index is 227. The van der Waals surface area contributed by atoms with Gasteiger partial charge in [0.2, 0.25) is 5.91 Å². The summed E-state index contributed by atoms with van der Waals surface area (Å²) >= 11 is 0. The molecule has 1 unspecified atom stereocenters. The quantitative estimate of drug-likeness (QED) is 0.535. The lowest BCUT2D eigenvalue weighted by Crippen LogP contribution is -2.57. The molecule has 0 aromatic rings. The maximum absolute atomic E-state index is 11.3. The molecule has 74 valence electrons. The van der Waals surface area contributed by atoms with Crippen molar-refractivity contribution in [3.63, 3.8) is 0 Å². The Morgan fingerprint density at radius 2 is 2.38 bits per heavy atom. The zero-order valence-electron chi connectivity index (χ0n) is 7.78. The number of nitrogens with zero attached hydrogens (tertiary/aromatic N) is 1. The second-order valence-corrected chi connectivity index (χ2v) is 3.17. The van der Waals surface area contributed by atoms with Crippen molar-refractivity contribution in [3.05, 3.63) is 0 Å². The van der Waals surface area contributed by atoms with Crippen LogP contribution in [0.2, 0.25) is 0 Å². The van der Waals surface area contributed by atoms with Crippen LogP contribution in [0.25, 0.3) is 0 Å². The van der Waals surface area contributed by atoms with Crippen LogP contribution in [0.15, 0.2) is 0 Å². The van der Waals surface area contributed by atoms with E-state index >= 15 is 0 Å². The molecule has 1 rings (SSSR count). The molecular formula is C8H14N2O3. The van der Waals surface area contributed by atoms with E-state index in [1.807, 2.05) is 0 Å². The molecule has 0 aromatic carbocycles. The summed E-state index contributed by atoms with van der Waals surface area (Å²) < 4.78 is 0. The predicted octanol–water partition coefficient (Wildman–Crippen LogP) is -1.29. The van der Waals surface area contributed by atoms with Gasteiger partial charge in [0.25, 0.3) is 5.91 Å². The number of carbonyl (C=O) groups is 2. The molecule has 2 N–H and O–H groups in total. The summed E-state index contributed by atoms with van der Waals surface area (Å²) in [7, 11) is 0. The highest BCUT2D eigenvalue weighted by Crippen LogP contribution is 2.05. The number of amides is 2. The van der Waals surface area contributed by atoms with Crippen LogP contribution in [0.5, 0.6) is 0 Å². The number of aliphatic hydroxyl groups excluding tert-OH is 1. The lowest BCUT2D eigenvalue weighted by atomic mass is 10.2. The minimum Gasteiger partial charge on any atom is -0.384 e. The third-order valence-corrected chi connectivity index (χ3v) is 2.14. The molecule has 0 aliphatic carbocycles. The zero-order chi connectivity index (χ0) is 10.0. The van der Waals surface area contributed by atoms with Gasteiger partial charge in [0.05, 0.1) is 0 Å². The van der Waals surface area contributed by atoms with E-state index in [4.69, 9.17) is 5.11 Å². The molecule has 5 nitrogen and oxygen atoms in total. The van der Waals surface area contributed by atoms with Crippen LogP contribution in [-0.2, 0) is 9.59 Å². The van der Waals surface area contributed by atoms with Gasteiger partial charge in [0.15, 0.2) is 0 Å². The molecule has 2 atom stereocenters. The molecule has 2 amide bonds. The van der Waals surface area contributed by atoms with Gasteiger partial charge in [-0.25, -0.2) is 0 Å². The molecule has 1 aliphatic rings. The SMILES string of the molecule is CC1C(=O)NCCN1C(=O)[C@@H](C)O. The summed E-state index contributed by atoms with van der Waals surface area (Å²) in [6, 6.07) is -0.476. The molecular weight excluding hydrogens is 172 g/mol. The van der Waals surface area contributed by atoms with E-state index in [2.05, 4.69) is 5.32 Å². The summed E-state index contributed by atoms with van der Waals surface area (Å²) in [4.78, 5) is 23.9. The van der Waals surface area contributed by atoms with Crippen molar-refractivity contribution in [3.8, 4) is 0 Å². The average molecular weight is 186 g/mol. The minimum atomic E-state index is -1.03. The van der Waals surface area contributed by atoms with Crippen LogP contribution in [0, 0.1) is 0 Å². The predicted molar refractivity (Wildman–Crippen MR) is 45.9 cm³/mol. The second kappa shape index (κ2) is 3.74. The lowest BCUT2D eigenvalue weighted by molar-refractivity contribution is -0.148. The van der Waals surface area contributed by atoms with Gasteiger partial charge in [-0.05, 0) is 13.8 Å². The van der Waals surface area contributed by atoms with E-state index in [0.29, 0.717) is 13.1 Å². The summed E-state index contributed by atoms with van der Waals surface area (Å²) in [5.41, 5.74) is 0. The van der Waals surface area contributed by atoms with Gasteiger partial charge in [0, 0.05) is 13.1 Å². The third-order valence-electron chi connectivity index (χ3n) is 2.14. The zero-order valence-corrected chi connectivity index (χ0v) is 7.78. The Hall–Kier alpha value is -1.10. The monoisotopic (exact) mass is 186 g/mol. The van der Waals surface area contributed by atoms with E-state index in [0.717, 1.165) is 0 Å². The fourth-order valence-electron chi connectivity index (χ4n) is 1.32. The van der Waals surface area contributed by atoms with Crippen molar-refractivity contribution in [1.82, 2.24) is 10.2 Å². The van der Waals surface area contributed by atoms with Crippen molar-refractivity contribution in [2.45, 2.75) is 26.0 Å². The maximum Gasteiger partial charge on any atom is 0.251 e. The van der Waals surface area contributed by atoms with Gasteiger partial charge in [-0.3, -0.25) is 9.59 Å². The highest BCUT2D eigenvalue weighted by atomic mass is 16.3. The smallest absolute Gasteiger partial charge is 0.251 e. The van der Waals surface area contributed by atoms with Gasteiger partial charge in [-0.15, -0.1) is 0 Å². The molecule has 0 spiro atoms. The molecule has 1 saturated heterocycles. The molecule has 0 aromatic heterocycles. The van der Waals surface area contributed by atoms with Crippen molar-refractivity contribution in [2.75, 3.05) is 13.1 Å². The lowest BCUT2D eigenvalue weighted by Gasteiger charge is -2.33. The first-order chi connectivity index (χ1) is 6.04. The normalized spacial score (nSPS) is 25.3. The fraction of sp³-hybridized carbons (Fsp3) is 0.750. The Balaban J connectivity index is 2.68. The van der Waals surface area contributed by atoms with Crippen LogP contribution in [0.4, 0.5) is 0 Å². The van der Waals surface area contributed by atoms with Crippen molar-refractivity contribution in [1.29, 1.82) is 0 Å². The van der Waals surface area contributed by atoms with Gasteiger partial charge in [-0.1, -0.05) is 0 Å². The van der Waals surface area contributed by atoms with Gasteiger partial charge in [0.1, 0.15) is 12.1 Å². The first-order valence-corrected chi connectivity index (χ1v) is 4.30. The number of rotatable bonds is 1. The van der Waals surface area contributed by atoms with Gasteiger partial charge in [-0.2, -0.15) is 0 Å². The molecule has 0 radical (unpaired) electrons. The van der Waals surface area contributed by atoms with Crippen molar-refractivity contribution in [2.24, 2.45) is 0 Å². The van der Waals surface area contributed by atoms with Crippen molar-refractivity contribution >= 4 is 11.8 Å². The standard InChI is InChI=1S/C8H14N2O3/c1-5-7(12)9-3-4-10(5)8(13)6(2)11/h5-6,11H,3-4H2,1-2H3,(H,9,12)/t5?,6-/m1/s1. The topological polar surface area (TPSA) is 69.6 Å². The summed E-state index contributed by atoms with van der Waals surface area (Å²) in [6.07, 6.45) is -1.03. The molecule has 0 saturated carbocycles. The highest BCUT2D eigenvalue weighted by molar-refractivity contribution is 5.89. The molecule has 0 bridgehead atoms. The third kappa shape index (κ3) is 1.98. The van der Waals surface area contributed by atoms with Crippen LogP contribution in [-0.4, -0.2) is 47.1 Å². The van der Waals surface area contributed by atoms with Gasteiger partial charge < -0.3 is 15.3 Å². The number of aliphatic hydroxyl groups is 1.